The Bertz CT molecular complexity index is 999. The number of methoxy groups -OCH3 is 1. The number of phenols is 1. The fraction of sp³-hybridized carbons (Fsp3) is 0.417. The molecule has 2 aliphatic rings. The average Bonchev–Trinajstić information content (AvgIpc) is 3.64. The van der Waals surface area contributed by atoms with E-state index in [9.17, 15) is 14.7 Å². The maximum atomic E-state index is 13.3. The van der Waals surface area contributed by atoms with E-state index >= 15 is 0 Å². The number of amides is 3. The van der Waals surface area contributed by atoms with Gasteiger partial charge in [-0.05, 0) is 68.0 Å². The van der Waals surface area contributed by atoms with Crippen LogP contribution in [0.2, 0.25) is 0 Å². The van der Waals surface area contributed by atoms with Gasteiger partial charge in [0.15, 0.2) is 11.5 Å². The predicted molar refractivity (Wildman–Crippen MR) is 123 cm³/mol. The number of aromatic hydroxyl groups is 1. The van der Waals surface area contributed by atoms with E-state index in [-0.39, 0.29) is 17.8 Å². The number of carbonyl (C=O) groups is 2. The van der Waals surface area contributed by atoms with Crippen LogP contribution >= 0.6 is 0 Å². The Morgan fingerprint density at radius 3 is 2.56 bits per heavy atom. The molecule has 1 aliphatic heterocycles. The van der Waals surface area contributed by atoms with E-state index in [1.165, 1.54) is 13.5 Å². The Hall–Kier alpha value is -3.42. The molecular formula is C24H30N4O4. The second kappa shape index (κ2) is 9.38. The molecule has 170 valence electrons. The van der Waals surface area contributed by atoms with Gasteiger partial charge in [-0.2, -0.15) is 0 Å². The lowest BCUT2D eigenvalue weighted by Crippen LogP contribution is -2.37. The number of nitrogens with two attached hydrogens (primary N) is 1. The monoisotopic (exact) mass is 438 g/mol. The SMILES string of the molecule is COc1cc(CN(C(=O)Nc2cc(C(N)=O)ccc2N2CCCCC2)C2CC2)ccc1O. The Morgan fingerprint density at radius 2 is 1.91 bits per heavy atom. The number of phenolic OH excluding ortho intramolecular Hbond substituents is 1. The lowest BCUT2D eigenvalue weighted by molar-refractivity contribution is 0.1000. The van der Waals surface area contributed by atoms with E-state index in [0.717, 1.165) is 50.0 Å². The molecule has 0 spiro atoms. The molecule has 0 aromatic heterocycles. The van der Waals surface area contributed by atoms with Gasteiger partial charge >= 0.3 is 6.03 Å². The van der Waals surface area contributed by atoms with Crippen molar-refractivity contribution in [2.75, 3.05) is 30.4 Å². The predicted octanol–water partition coefficient (Wildman–Crippen LogP) is 3.69. The largest absolute Gasteiger partial charge is 0.504 e. The molecule has 2 fully saturated rings. The van der Waals surface area contributed by atoms with E-state index in [4.69, 9.17) is 10.5 Å². The summed E-state index contributed by atoms with van der Waals surface area (Å²) in [6.45, 7) is 2.22. The van der Waals surface area contributed by atoms with Crippen LogP contribution < -0.4 is 20.7 Å². The second-order valence-corrected chi connectivity index (χ2v) is 8.44. The molecule has 2 aromatic carbocycles. The van der Waals surface area contributed by atoms with Crippen molar-refractivity contribution in [3.63, 3.8) is 0 Å². The van der Waals surface area contributed by atoms with Crippen LogP contribution in [0.4, 0.5) is 16.2 Å². The van der Waals surface area contributed by atoms with Crippen molar-refractivity contribution in [2.24, 2.45) is 5.73 Å². The fourth-order valence-electron chi connectivity index (χ4n) is 4.16. The molecule has 4 N–H and O–H groups in total. The molecule has 3 amide bonds. The Labute approximate surface area is 187 Å². The third-order valence-electron chi connectivity index (χ3n) is 6.06. The minimum Gasteiger partial charge on any atom is -0.504 e. The Kier molecular flexibility index (Phi) is 6.39. The highest BCUT2D eigenvalue weighted by molar-refractivity contribution is 5.99. The maximum Gasteiger partial charge on any atom is 0.322 e. The first-order chi connectivity index (χ1) is 15.5. The maximum absolute atomic E-state index is 13.3. The number of benzene rings is 2. The van der Waals surface area contributed by atoms with Gasteiger partial charge in [0.2, 0.25) is 5.91 Å². The zero-order chi connectivity index (χ0) is 22.7. The van der Waals surface area contributed by atoms with Crippen molar-refractivity contribution in [2.45, 2.75) is 44.7 Å². The first-order valence-electron chi connectivity index (χ1n) is 11.1. The van der Waals surface area contributed by atoms with Gasteiger partial charge in [0.25, 0.3) is 0 Å². The number of primary amides is 1. The van der Waals surface area contributed by atoms with Crippen LogP contribution in [0.25, 0.3) is 0 Å². The number of hydrogen-bond donors (Lipinski definition) is 3. The molecule has 1 saturated heterocycles. The summed E-state index contributed by atoms with van der Waals surface area (Å²) in [6, 6.07) is 10.3. The number of nitrogens with zero attached hydrogens (tertiary/aromatic N) is 2. The van der Waals surface area contributed by atoms with Gasteiger partial charge in [-0.15, -0.1) is 0 Å². The molecule has 1 heterocycles. The van der Waals surface area contributed by atoms with Crippen molar-refractivity contribution < 1.29 is 19.4 Å². The lowest BCUT2D eigenvalue weighted by Gasteiger charge is -2.31. The third kappa shape index (κ3) is 4.90. The number of anilines is 2. The van der Waals surface area contributed by atoms with Crippen molar-refractivity contribution in [3.05, 3.63) is 47.5 Å². The molecule has 0 radical (unpaired) electrons. The Morgan fingerprint density at radius 1 is 1.16 bits per heavy atom. The van der Waals surface area contributed by atoms with Crippen LogP contribution in [0.1, 0.15) is 48.0 Å². The Balaban J connectivity index is 1.57. The smallest absolute Gasteiger partial charge is 0.322 e. The van der Waals surface area contributed by atoms with Crippen molar-refractivity contribution >= 4 is 23.3 Å². The minimum atomic E-state index is -0.527. The number of hydrogen-bond acceptors (Lipinski definition) is 5. The second-order valence-electron chi connectivity index (χ2n) is 8.44. The summed E-state index contributed by atoms with van der Waals surface area (Å²) < 4.78 is 5.20. The van der Waals surface area contributed by atoms with Crippen molar-refractivity contribution in [3.8, 4) is 11.5 Å². The third-order valence-corrected chi connectivity index (χ3v) is 6.06. The molecule has 4 rings (SSSR count). The van der Waals surface area contributed by atoms with Crippen LogP contribution in [0, 0.1) is 0 Å². The molecule has 32 heavy (non-hydrogen) atoms. The molecule has 0 unspecified atom stereocenters. The standard InChI is InChI=1S/C24H30N4O4/c1-32-22-13-16(5-10-21(22)29)15-28(18-7-8-18)24(31)26-19-14-17(23(25)30)6-9-20(19)27-11-3-2-4-12-27/h5-6,9-10,13-14,18,29H,2-4,7-8,11-12,15H2,1H3,(H2,25,30)(H,26,31). The van der Waals surface area contributed by atoms with E-state index < -0.39 is 5.91 Å². The first-order valence-corrected chi connectivity index (χ1v) is 11.1. The van der Waals surface area contributed by atoms with Crippen molar-refractivity contribution in [1.29, 1.82) is 0 Å². The van der Waals surface area contributed by atoms with E-state index in [1.807, 2.05) is 6.07 Å². The quantitative estimate of drug-likeness (QED) is 0.611. The zero-order valence-corrected chi connectivity index (χ0v) is 18.3. The van der Waals surface area contributed by atoms with Crippen LogP contribution in [0.3, 0.4) is 0 Å². The van der Waals surface area contributed by atoms with E-state index in [0.29, 0.717) is 23.5 Å². The number of rotatable bonds is 7. The molecule has 0 atom stereocenters. The van der Waals surface area contributed by atoms with Crippen LogP contribution in [0.15, 0.2) is 36.4 Å². The van der Waals surface area contributed by atoms with Gasteiger partial charge in [-0.25, -0.2) is 4.79 Å². The molecule has 1 aliphatic carbocycles. The minimum absolute atomic E-state index is 0.0631. The summed E-state index contributed by atoms with van der Waals surface area (Å²) in [6.07, 6.45) is 5.29. The summed E-state index contributed by atoms with van der Waals surface area (Å²) in [5.74, 6) is -0.0887. The fourth-order valence-corrected chi connectivity index (χ4v) is 4.16. The lowest BCUT2D eigenvalue weighted by atomic mass is 10.1. The summed E-state index contributed by atoms with van der Waals surface area (Å²) in [5.41, 5.74) is 8.23. The van der Waals surface area contributed by atoms with E-state index in [1.54, 1.807) is 35.2 Å². The topological polar surface area (TPSA) is 108 Å². The highest BCUT2D eigenvalue weighted by atomic mass is 16.5. The van der Waals surface area contributed by atoms with Crippen LogP contribution in [-0.4, -0.2) is 48.2 Å². The van der Waals surface area contributed by atoms with Crippen molar-refractivity contribution in [1.82, 2.24) is 4.90 Å². The van der Waals surface area contributed by atoms with Gasteiger partial charge in [-0.1, -0.05) is 6.07 Å². The van der Waals surface area contributed by atoms with Gasteiger partial charge < -0.3 is 30.7 Å². The first kappa shape index (κ1) is 21.8. The normalized spacial score (nSPS) is 15.8. The van der Waals surface area contributed by atoms with Crippen LogP contribution in [-0.2, 0) is 6.54 Å². The average molecular weight is 439 g/mol. The zero-order valence-electron chi connectivity index (χ0n) is 18.3. The van der Waals surface area contributed by atoms with Gasteiger partial charge in [0.05, 0.1) is 18.5 Å². The number of carbonyl (C=O) groups excluding carboxylic acids is 2. The molecule has 2 aromatic rings. The number of nitrogens with one attached hydrogen (secondary N) is 1. The van der Waals surface area contributed by atoms with E-state index in [2.05, 4.69) is 10.2 Å². The molecule has 0 bridgehead atoms. The summed E-state index contributed by atoms with van der Waals surface area (Å²) >= 11 is 0. The molecule has 8 nitrogen and oxygen atoms in total. The summed E-state index contributed by atoms with van der Waals surface area (Å²) in [7, 11) is 1.50. The highest BCUT2D eigenvalue weighted by Gasteiger charge is 2.33. The van der Waals surface area contributed by atoms with Gasteiger partial charge in [-0.3, -0.25) is 4.79 Å². The van der Waals surface area contributed by atoms with Gasteiger partial charge in [0.1, 0.15) is 0 Å². The highest BCUT2D eigenvalue weighted by Crippen LogP contribution is 2.34. The molecule has 8 heteroatoms. The molecular weight excluding hydrogens is 408 g/mol. The summed E-state index contributed by atoms with van der Waals surface area (Å²) in [5, 5.41) is 12.9. The van der Waals surface area contributed by atoms with Crippen LogP contribution in [0.5, 0.6) is 11.5 Å². The number of urea groups is 1. The number of piperidine rings is 1. The molecule has 1 saturated carbocycles. The van der Waals surface area contributed by atoms with Gasteiger partial charge in [0, 0.05) is 31.2 Å². The number of ether oxygens (including phenoxy) is 1. The summed E-state index contributed by atoms with van der Waals surface area (Å²) in [4.78, 5) is 29.1.